The molecule has 2 aromatic rings. The molecule has 1 aromatic carbocycles. The second-order valence-electron chi connectivity index (χ2n) is 5.63. The van der Waals surface area contributed by atoms with Crippen LogP contribution in [0.25, 0.3) is 11.4 Å². The third-order valence-electron chi connectivity index (χ3n) is 4.24. The van der Waals surface area contributed by atoms with Crippen molar-refractivity contribution in [3.63, 3.8) is 0 Å². The molecule has 1 aliphatic rings. The molecule has 4 heteroatoms. The molecular formula is C17H20ClN3. The highest BCUT2D eigenvalue weighted by molar-refractivity contribution is 6.29. The summed E-state index contributed by atoms with van der Waals surface area (Å²) in [5.74, 6) is 1.65. The first kappa shape index (κ1) is 14.3. The average molecular weight is 302 g/mol. The van der Waals surface area contributed by atoms with Crippen LogP contribution in [0, 0.1) is 0 Å². The zero-order chi connectivity index (χ0) is 14.8. The fraction of sp³-hybridized carbons (Fsp3) is 0.412. The Morgan fingerprint density at radius 2 is 1.95 bits per heavy atom. The quantitative estimate of drug-likeness (QED) is 0.778. The van der Waals surface area contributed by atoms with E-state index in [2.05, 4.69) is 23.7 Å². The summed E-state index contributed by atoms with van der Waals surface area (Å²) in [4.78, 5) is 11.5. The first-order valence-electron chi connectivity index (χ1n) is 7.57. The Kier molecular flexibility index (Phi) is 4.11. The summed E-state index contributed by atoms with van der Waals surface area (Å²) in [7, 11) is 0. The van der Waals surface area contributed by atoms with Gasteiger partial charge in [0, 0.05) is 23.7 Å². The van der Waals surface area contributed by atoms with Crippen LogP contribution in [0.4, 0.5) is 5.82 Å². The first-order valence-corrected chi connectivity index (χ1v) is 7.95. The summed E-state index contributed by atoms with van der Waals surface area (Å²) < 4.78 is 0. The summed E-state index contributed by atoms with van der Waals surface area (Å²) in [6, 6.07) is 12.9. The molecule has 0 radical (unpaired) electrons. The summed E-state index contributed by atoms with van der Waals surface area (Å²) in [5, 5.41) is 0.507. The van der Waals surface area contributed by atoms with Gasteiger partial charge in [0.25, 0.3) is 0 Å². The largest absolute Gasteiger partial charge is 0.351 e. The summed E-state index contributed by atoms with van der Waals surface area (Å²) >= 11 is 6.24. The van der Waals surface area contributed by atoms with Crippen LogP contribution < -0.4 is 4.90 Å². The second kappa shape index (κ2) is 6.02. The lowest BCUT2D eigenvalue weighted by Crippen LogP contribution is -2.34. The molecule has 2 unspecified atom stereocenters. The SMILES string of the molecule is CCC1CCC(C)N1c1cc(Cl)nc(-c2ccccc2)n1. The maximum absolute atomic E-state index is 6.24. The van der Waals surface area contributed by atoms with E-state index in [0.29, 0.717) is 23.1 Å². The standard InChI is InChI=1S/C17H20ClN3/c1-3-14-10-9-12(2)21(14)16-11-15(18)19-17(20-16)13-7-5-4-6-8-13/h4-8,11-12,14H,3,9-10H2,1-2H3. The van der Waals surface area contributed by atoms with Crippen LogP contribution >= 0.6 is 11.6 Å². The molecular weight excluding hydrogens is 282 g/mol. The molecule has 1 aromatic heterocycles. The molecule has 0 spiro atoms. The topological polar surface area (TPSA) is 29.0 Å². The normalized spacial score (nSPS) is 21.8. The molecule has 1 saturated heterocycles. The smallest absolute Gasteiger partial charge is 0.163 e. The van der Waals surface area contributed by atoms with Crippen molar-refractivity contribution in [2.45, 2.75) is 45.2 Å². The number of aromatic nitrogens is 2. The van der Waals surface area contributed by atoms with Gasteiger partial charge in [-0.1, -0.05) is 48.9 Å². The van der Waals surface area contributed by atoms with E-state index in [9.17, 15) is 0 Å². The van der Waals surface area contributed by atoms with Crippen LogP contribution in [0.3, 0.4) is 0 Å². The van der Waals surface area contributed by atoms with Gasteiger partial charge in [-0.05, 0) is 26.2 Å². The van der Waals surface area contributed by atoms with Crippen LogP contribution in [-0.2, 0) is 0 Å². The van der Waals surface area contributed by atoms with Crippen LogP contribution in [0.5, 0.6) is 0 Å². The summed E-state index contributed by atoms with van der Waals surface area (Å²) in [5.41, 5.74) is 1.00. The number of hydrogen-bond acceptors (Lipinski definition) is 3. The molecule has 0 amide bonds. The number of hydrogen-bond donors (Lipinski definition) is 0. The molecule has 21 heavy (non-hydrogen) atoms. The van der Waals surface area contributed by atoms with Gasteiger partial charge in [-0.15, -0.1) is 0 Å². The van der Waals surface area contributed by atoms with Gasteiger partial charge in [-0.3, -0.25) is 0 Å². The van der Waals surface area contributed by atoms with Gasteiger partial charge in [-0.2, -0.15) is 0 Å². The van der Waals surface area contributed by atoms with Crippen LogP contribution in [0.15, 0.2) is 36.4 Å². The molecule has 2 atom stereocenters. The minimum atomic E-state index is 0.504. The van der Waals surface area contributed by atoms with Gasteiger partial charge < -0.3 is 4.90 Å². The predicted molar refractivity (Wildman–Crippen MR) is 87.7 cm³/mol. The third-order valence-corrected chi connectivity index (χ3v) is 4.43. The van der Waals surface area contributed by atoms with E-state index >= 15 is 0 Å². The maximum atomic E-state index is 6.24. The van der Waals surface area contributed by atoms with Crippen molar-refractivity contribution >= 4 is 17.4 Å². The Balaban J connectivity index is 2.02. The Hall–Kier alpha value is -1.61. The molecule has 3 rings (SSSR count). The lowest BCUT2D eigenvalue weighted by molar-refractivity contribution is 0.621. The number of halogens is 1. The molecule has 0 N–H and O–H groups in total. The fourth-order valence-corrected chi connectivity index (χ4v) is 3.32. The van der Waals surface area contributed by atoms with E-state index in [1.165, 1.54) is 12.8 Å². The Morgan fingerprint density at radius 3 is 2.67 bits per heavy atom. The van der Waals surface area contributed by atoms with E-state index in [1.807, 2.05) is 36.4 Å². The molecule has 1 fully saturated rings. The highest BCUT2D eigenvalue weighted by atomic mass is 35.5. The number of nitrogens with zero attached hydrogens (tertiary/aromatic N) is 3. The lowest BCUT2D eigenvalue weighted by Gasteiger charge is -2.29. The van der Waals surface area contributed by atoms with Crippen molar-refractivity contribution in [2.75, 3.05) is 4.90 Å². The van der Waals surface area contributed by atoms with Crippen LogP contribution in [0.2, 0.25) is 5.15 Å². The molecule has 1 aliphatic heterocycles. The average Bonchev–Trinajstić information content (AvgIpc) is 2.88. The minimum Gasteiger partial charge on any atom is -0.351 e. The summed E-state index contributed by atoms with van der Waals surface area (Å²) in [6.07, 6.45) is 3.56. The number of benzene rings is 1. The number of rotatable bonds is 3. The molecule has 0 saturated carbocycles. The van der Waals surface area contributed by atoms with E-state index in [0.717, 1.165) is 17.8 Å². The van der Waals surface area contributed by atoms with Crippen LogP contribution in [0.1, 0.15) is 33.1 Å². The highest BCUT2D eigenvalue weighted by Gasteiger charge is 2.30. The van der Waals surface area contributed by atoms with Gasteiger partial charge in [0.1, 0.15) is 11.0 Å². The lowest BCUT2D eigenvalue weighted by atomic mass is 10.1. The molecule has 110 valence electrons. The van der Waals surface area contributed by atoms with E-state index in [1.54, 1.807) is 0 Å². The molecule has 2 heterocycles. The van der Waals surface area contributed by atoms with E-state index in [-0.39, 0.29) is 0 Å². The van der Waals surface area contributed by atoms with Crippen LogP contribution in [-0.4, -0.2) is 22.1 Å². The van der Waals surface area contributed by atoms with E-state index in [4.69, 9.17) is 16.6 Å². The highest BCUT2D eigenvalue weighted by Crippen LogP contribution is 2.32. The first-order chi connectivity index (χ1) is 10.2. The van der Waals surface area contributed by atoms with Crippen molar-refractivity contribution in [1.29, 1.82) is 0 Å². The maximum Gasteiger partial charge on any atom is 0.163 e. The molecule has 3 nitrogen and oxygen atoms in total. The Labute approximate surface area is 131 Å². The minimum absolute atomic E-state index is 0.504. The van der Waals surface area contributed by atoms with Gasteiger partial charge in [-0.25, -0.2) is 9.97 Å². The zero-order valence-electron chi connectivity index (χ0n) is 12.5. The second-order valence-corrected chi connectivity index (χ2v) is 6.02. The van der Waals surface area contributed by atoms with Gasteiger partial charge in [0.05, 0.1) is 0 Å². The van der Waals surface area contributed by atoms with E-state index < -0.39 is 0 Å². The Morgan fingerprint density at radius 1 is 1.19 bits per heavy atom. The van der Waals surface area contributed by atoms with Crippen molar-refractivity contribution < 1.29 is 0 Å². The van der Waals surface area contributed by atoms with Crippen molar-refractivity contribution in [2.24, 2.45) is 0 Å². The number of anilines is 1. The summed E-state index contributed by atoms with van der Waals surface area (Å²) in [6.45, 7) is 4.49. The van der Waals surface area contributed by atoms with Crippen molar-refractivity contribution in [3.05, 3.63) is 41.6 Å². The molecule has 0 aliphatic carbocycles. The monoisotopic (exact) mass is 301 g/mol. The predicted octanol–water partition coefficient (Wildman–Crippen LogP) is 4.56. The fourth-order valence-electron chi connectivity index (χ4n) is 3.14. The van der Waals surface area contributed by atoms with Gasteiger partial charge >= 0.3 is 0 Å². The Bertz CT molecular complexity index is 615. The zero-order valence-corrected chi connectivity index (χ0v) is 13.2. The van der Waals surface area contributed by atoms with Crippen molar-refractivity contribution in [3.8, 4) is 11.4 Å². The van der Waals surface area contributed by atoms with Gasteiger partial charge in [0.2, 0.25) is 0 Å². The third kappa shape index (κ3) is 2.88. The molecule has 0 bridgehead atoms. The van der Waals surface area contributed by atoms with Gasteiger partial charge in [0.15, 0.2) is 5.82 Å². The van der Waals surface area contributed by atoms with Crippen molar-refractivity contribution in [1.82, 2.24) is 9.97 Å².